The summed E-state index contributed by atoms with van der Waals surface area (Å²) in [6.45, 7) is 10.2. The van der Waals surface area contributed by atoms with Gasteiger partial charge in [-0.2, -0.15) is 0 Å². The normalized spacial score (nSPS) is 15.3. The Kier molecular flexibility index (Phi) is 5.82. The van der Waals surface area contributed by atoms with Gasteiger partial charge in [0.2, 0.25) is 0 Å². The van der Waals surface area contributed by atoms with Crippen molar-refractivity contribution in [3.05, 3.63) is 46.5 Å². The van der Waals surface area contributed by atoms with E-state index in [0.29, 0.717) is 18.8 Å². The van der Waals surface area contributed by atoms with Gasteiger partial charge in [0.05, 0.1) is 13.0 Å². The first kappa shape index (κ1) is 20.1. The molecule has 3 rings (SSSR count). The van der Waals surface area contributed by atoms with Crippen molar-refractivity contribution in [2.45, 2.75) is 59.5 Å². The maximum Gasteiger partial charge on any atom is 0.309 e. The van der Waals surface area contributed by atoms with Crippen molar-refractivity contribution < 1.29 is 24.1 Å². The fraction of sp³-hybridized carbons (Fsp3) is 0.435. The van der Waals surface area contributed by atoms with Crippen molar-refractivity contribution >= 4 is 5.97 Å². The maximum atomic E-state index is 11.8. The smallest absolute Gasteiger partial charge is 0.309 e. The Balaban J connectivity index is 1.84. The minimum Gasteiger partial charge on any atom is -0.508 e. The summed E-state index contributed by atoms with van der Waals surface area (Å²) >= 11 is 0. The van der Waals surface area contributed by atoms with Crippen LogP contribution in [0, 0.1) is 13.8 Å². The van der Waals surface area contributed by atoms with Crippen LogP contribution in [0.5, 0.6) is 23.0 Å². The van der Waals surface area contributed by atoms with Gasteiger partial charge in [-0.25, -0.2) is 0 Å². The van der Waals surface area contributed by atoms with Crippen LogP contribution in [0.4, 0.5) is 0 Å². The van der Waals surface area contributed by atoms with Crippen LogP contribution in [0.25, 0.3) is 0 Å². The molecule has 1 aliphatic heterocycles. The van der Waals surface area contributed by atoms with E-state index in [2.05, 4.69) is 0 Å². The van der Waals surface area contributed by atoms with Crippen LogP contribution < -0.4 is 9.47 Å². The van der Waals surface area contributed by atoms with E-state index >= 15 is 0 Å². The molecule has 0 aliphatic carbocycles. The molecule has 0 fully saturated rings. The lowest BCUT2D eigenvalue weighted by Gasteiger charge is -2.16. The number of aromatic hydroxyl groups is 1. The van der Waals surface area contributed by atoms with Gasteiger partial charge in [-0.15, -0.1) is 0 Å². The Hall–Kier alpha value is -2.69. The number of phenolic OH excluding ortho intramolecular Hbond substituents is 1. The standard InChI is InChI=1S/C23H28O5/c1-6-26-22(25)12-17-11-19-15(5)23(14(4)9-21(19)27-17)28-16-7-8-20(24)18(10-16)13(2)3/h7-10,13,17,24H,6,11-12H2,1-5H3. The van der Waals surface area contributed by atoms with Crippen molar-refractivity contribution in [1.29, 1.82) is 0 Å². The second-order valence-corrected chi connectivity index (χ2v) is 7.55. The summed E-state index contributed by atoms with van der Waals surface area (Å²) in [5, 5.41) is 10.0. The van der Waals surface area contributed by atoms with E-state index in [1.54, 1.807) is 19.1 Å². The molecule has 1 atom stereocenters. The lowest BCUT2D eigenvalue weighted by atomic mass is 9.99. The van der Waals surface area contributed by atoms with Gasteiger partial charge >= 0.3 is 5.97 Å². The fourth-order valence-electron chi connectivity index (χ4n) is 3.63. The zero-order valence-corrected chi connectivity index (χ0v) is 17.2. The minimum atomic E-state index is -0.239. The Morgan fingerprint density at radius 1 is 1.29 bits per heavy atom. The first-order valence-electron chi connectivity index (χ1n) is 9.76. The lowest BCUT2D eigenvalue weighted by Crippen LogP contribution is -2.19. The largest absolute Gasteiger partial charge is 0.508 e. The van der Waals surface area contributed by atoms with Crippen LogP contribution in [0.3, 0.4) is 0 Å². The molecule has 5 nitrogen and oxygen atoms in total. The Bertz CT molecular complexity index is 885. The molecule has 0 aromatic heterocycles. The second kappa shape index (κ2) is 8.13. The molecule has 150 valence electrons. The lowest BCUT2D eigenvalue weighted by molar-refractivity contribution is -0.144. The van der Waals surface area contributed by atoms with Crippen LogP contribution in [-0.4, -0.2) is 23.8 Å². The Morgan fingerprint density at radius 3 is 2.71 bits per heavy atom. The molecular weight excluding hydrogens is 356 g/mol. The number of carbonyl (C=O) groups is 1. The summed E-state index contributed by atoms with van der Waals surface area (Å²) in [6, 6.07) is 7.29. The van der Waals surface area contributed by atoms with E-state index in [0.717, 1.165) is 33.8 Å². The highest BCUT2D eigenvalue weighted by molar-refractivity contribution is 5.70. The van der Waals surface area contributed by atoms with Gasteiger partial charge in [0, 0.05) is 17.5 Å². The number of aryl methyl sites for hydroxylation is 1. The van der Waals surface area contributed by atoms with E-state index in [1.165, 1.54) is 0 Å². The van der Waals surface area contributed by atoms with Crippen LogP contribution in [0.15, 0.2) is 24.3 Å². The van der Waals surface area contributed by atoms with Crippen LogP contribution >= 0.6 is 0 Å². The van der Waals surface area contributed by atoms with Crippen molar-refractivity contribution in [3.8, 4) is 23.0 Å². The van der Waals surface area contributed by atoms with Gasteiger partial charge in [0.25, 0.3) is 0 Å². The number of benzene rings is 2. The number of hydrogen-bond acceptors (Lipinski definition) is 5. The third-order valence-electron chi connectivity index (χ3n) is 5.06. The monoisotopic (exact) mass is 384 g/mol. The number of fused-ring (bicyclic) bond motifs is 1. The van der Waals surface area contributed by atoms with Gasteiger partial charge in [-0.1, -0.05) is 13.8 Å². The van der Waals surface area contributed by atoms with E-state index in [9.17, 15) is 9.90 Å². The fourth-order valence-corrected chi connectivity index (χ4v) is 3.63. The molecule has 0 saturated heterocycles. The van der Waals surface area contributed by atoms with Crippen molar-refractivity contribution in [2.75, 3.05) is 6.61 Å². The summed E-state index contributed by atoms with van der Waals surface area (Å²) in [4.78, 5) is 11.8. The second-order valence-electron chi connectivity index (χ2n) is 7.55. The number of phenols is 1. The molecule has 2 aromatic carbocycles. The molecule has 5 heteroatoms. The Morgan fingerprint density at radius 2 is 2.04 bits per heavy atom. The highest BCUT2D eigenvalue weighted by Gasteiger charge is 2.29. The van der Waals surface area contributed by atoms with E-state index in [-0.39, 0.29) is 30.2 Å². The minimum absolute atomic E-state index is 0.197. The van der Waals surface area contributed by atoms with Gasteiger partial charge in [0.1, 0.15) is 29.1 Å². The number of ether oxygens (including phenoxy) is 3. The average molecular weight is 384 g/mol. The number of hydrogen-bond donors (Lipinski definition) is 1. The summed E-state index contributed by atoms with van der Waals surface area (Å²) in [5.74, 6) is 2.53. The molecule has 2 aromatic rings. The molecule has 1 aliphatic rings. The van der Waals surface area contributed by atoms with Gasteiger partial charge in [0.15, 0.2) is 0 Å². The summed E-state index contributed by atoms with van der Waals surface area (Å²) in [5.41, 5.74) is 3.90. The zero-order chi connectivity index (χ0) is 20.4. The summed E-state index contributed by atoms with van der Waals surface area (Å²) in [7, 11) is 0. The number of esters is 1. The molecule has 0 bridgehead atoms. The van der Waals surface area contributed by atoms with Gasteiger partial charge in [-0.3, -0.25) is 4.79 Å². The van der Waals surface area contributed by atoms with Crippen LogP contribution in [0.2, 0.25) is 0 Å². The highest BCUT2D eigenvalue weighted by Crippen LogP contribution is 2.41. The molecule has 0 saturated carbocycles. The SMILES string of the molecule is CCOC(=O)CC1Cc2c(cc(C)c(Oc3ccc(O)c(C(C)C)c3)c2C)O1. The van der Waals surface area contributed by atoms with E-state index in [4.69, 9.17) is 14.2 Å². The molecule has 1 N–H and O–H groups in total. The molecule has 0 amide bonds. The molecule has 0 spiro atoms. The average Bonchev–Trinajstić information content (AvgIpc) is 3.02. The number of rotatable bonds is 6. The molecular formula is C23H28O5. The molecule has 1 heterocycles. The van der Waals surface area contributed by atoms with Crippen LogP contribution in [-0.2, 0) is 16.0 Å². The number of carbonyl (C=O) groups excluding carboxylic acids is 1. The molecule has 28 heavy (non-hydrogen) atoms. The third kappa shape index (κ3) is 4.08. The highest BCUT2D eigenvalue weighted by atomic mass is 16.5. The Labute approximate surface area is 166 Å². The van der Waals surface area contributed by atoms with Crippen molar-refractivity contribution in [1.82, 2.24) is 0 Å². The van der Waals surface area contributed by atoms with Gasteiger partial charge in [-0.05, 0) is 62.1 Å². The molecule has 0 radical (unpaired) electrons. The predicted molar refractivity (Wildman–Crippen MR) is 108 cm³/mol. The summed E-state index contributed by atoms with van der Waals surface area (Å²) < 4.78 is 17.2. The van der Waals surface area contributed by atoms with Gasteiger partial charge < -0.3 is 19.3 Å². The van der Waals surface area contributed by atoms with E-state index < -0.39 is 0 Å². The first-order chi connectivity index (χ1) is 13.3. The van der Waals surface area contributed by atoms with E-state index in [1.807, 2.05) is 39.8 Å². The van der Waals surface area contributed by atoms with Crippen LogP contribution in [0.1, 0.15) is 55.4 Å². The topological polar surface area (TPSA) is 65.0 Å². The summed E-state index contributed by atoms with van der Waals surface area (Å²) in [6.07, 6.45) is 0.694. The van der Waals surface area contributed by atoms with Crippen molar-refractivity contribution in [2.24, 2.45) is 0 Å². The zero-order valence-electron chi connectivity index (χ0n) is 17.2. The predicted octanol–water partition coefficient (Wildman–Crippen LogP) is 5.18. The third-order valence-corrected chi connectivity index (χ3v) is 5.06. The van der Waals surface area contributed by atoms with Crippen molar-refractivity contribution in [3.63, 3.8) is 0 Å². The molecule has 1 unspecified atom stereocenters. The quantitative estimate of drug-likeness (QED) is 0.695. The first-order valence-corrected chi connectivity index (χ1v) is 9.76. The maximum absolute atomic E-state index is 11.8.